The first-order valence-corrected chi connectivity index (χ1v) is 9.23. The fraction of sp³-hybridized carbons (Fsp3) is 0.385. The fourth-order valence-corrected chi connectivity index (χ4v) is 5.67. The van der Waals surface area contributed by atoms with Gasteiger partial charge in [0, 0.05) is 24.1 Å². The first-order valence-electron chi connectivity index (χ1n) is 5.99. The SMILES string of the molecule is CN(C)C(=O)c1c(I)cc(I)c(OCCCC(=O)O)c1I. The summed E-state index contributed by atoms with van der Waals surface area (Å²) in [6.07, 6.45) is 0.505. The van der Waals surface area contributed by atoms with E-state index in [9.17, 15) is 9.59 Å². The van der Waals surface area contributed by atoms with Crippen molar-refractivity contribution < 1.29 is 19.4 Å². The predicted octanol–water partition coefficient (Wildman–Crippen LogP) is 3.45. The quantitative estimate of drug-likeness (QED) is 0.387. The second-order valence-corrected chi connectivity index (χ2v) is 7.81. The van der Waals surface area contributed by atoms with E-state index in [0.29, 0.717) is 24.3 Å². The molecule has 0 spiro atoms. The Morgan fingerprint density at radius 3 is 2.38 bits per heavy atom. The van der Waals surface area contributed by atoms with Crippen LogP contribution >= 0.6 is 67.8 Å². The molecule has 8 heteroatoms. The highest BCUT2D eigenvalue weighted by Crippen LogP contribution is 2.34. The average molecular weight is 629 g/mol. The molecule has 0 heterocycles. The van der Waals surface area contributed by atoms with Gasteiger partial charge in [-0.3, -0.25) is 9.59 Å². The van der Waals surface area contributed by atoms with Crippen molar-refractivity contribution >= 4 is 79.6 Å². The molecular formula is C13H14I3NO4. The highest BCUT2D eigenvalue weighted by molar-refractivity contribution is 14.1. The zero-order valence-electron chi connectivity index (χ0n) is 11.5. The van der Waals surface area contributed by atoms with Crippen molar-refractivity contribution in [2.45, 2.75) is 12.8 Å². The summed E-state index contributed by atoms with van der Waals surface area (Å²) < 4.78 is 8.24. The maximum Gasteiger partial charge on any atom is 0.303 e. The minimum Gasteiger partial charge on any atom is -0.491 e. The standard InChI is InChI=1S/C13H14I3NO4/c1-17(2)13(20)10-7(14)6-8(15)12(11(10)16)21-5-3-4-9(18)19/h6H,3-5H2,1-2H3,(H,18,19). The molecule has 0 atom stereocenters. The Kier molecular flexibility index (Phi) is 7.95. The number of ether oxygens (including phenoxy) is 1. The van der Waals surface area contributed by atoms with E-state index in [1.54, 1.807) is 14.1 Å². The molecule has 0 saturated heterocycles. The van der Waals surface area contributed by atoms with Crippen LogP contribution < -0.4 is 4.74 Å². The van der Waals surface area contributed by atoms with Crippen LogP contribution in [0.5, 0.6) is 5.75 Å². The Hall–Kier alpha value is 0.150. The van der Waals surface area contributed by atoms with Crippen molar-refractivity contribution in [3.8, 4) is 5.75 Å². The smallest absolute Gasteiger partial charge is 0.303 e. The first kappa shape index (κ1) is 19.2. The molecule has 1 amide bonds. The molecule has 0 radical (unpaired) electrons. The van der Waals surface area contributed by atoms with Crippen LogP contribution in [0.25, 0.3) is 0 Å². The molecule has 0 aromatic heterocycles. The highest BCUT2D eigenvalue weighted by Gasteiger charge is 2.22. The molecule has 116 valence electrons. The molecule has 0 saturated carbocycles. The second-order valence-electron chi connectivity index (χ2n) is 4.40. The molecule has 1 aromatic rings. The third-order valence-corrected chi connectivity index (χ3v) is 5.21. The van der Waals surface area contributed by atoms with E-state index in [4.69, 9.17) is 9.84 Å². The van der Waals surface area contributed by atoms with E-state index in [2.05, 4.69) is 67.8 Å². The number of benzene rings is 1. The number of aliphatic carboxylic acids is 1. The number of hydrogen-bond acceptors (Lipinski definition) is 3. The molecule has 0 bridgehead atoms. The second kappa shape index (κ2) is 8.70. The van der Waals surface area contributed by atoms with Crippen molar-refractivity contribution in [3.05, 3.63) is 22.3 Å². The summed E-state index contributed by atoms with van der Waals surface area (Å²) in [7, 11) is 3.42. The Morgan fingerprint density at radius 2 is 1.86 bits per heavy atom. The summed E-state index contributed by atoms with van der Waals surface area (Å²) in [6.45, 7) is 0.314. The van der Waals surface area contributed by atoms with Crippen molar-refractivity contribution in [2.75, 3.05) is 20.7 Å². The number of halogens is 3. The summed E-state index contributed by atoms with van der Waals surface area (Å²) >= 11 is 6.41. The van der Waals surface area contributed by atoms with E-state index < -0.39 is 5.97 Å². The van der Waals surface area contributed by atoms with Gasteiger partial charge in [0.1, 0.15) is 5.75 Å². The van der Waals surface area contributed by atoms with Crippen LogP contribution in [0.4, 0.5) is 0 Å². The summed E-state index contributed by atoms with van der Waals surface area (Å²) in [4.78, 5) is 24.3. The molecule has 21 heavy (non-hydrogen) atoms. The molecule has 1 N–H and O–H groups in total. The zero-order valence-corrected chi connectivity index (χ0v) is 17.9. The van der Waals surface area contributed by atoms with Crippen molar-refractivity contribution in [1.82, 2.24) is 4.90 Å². The Morgan fingerprint density at radius 1 is 1.24 bits per heavy atom. The van der Waals surface area contributed by atoms with Gasteiger partial charge in [-0.25, -0.2) is 0 Å². The van der Waals surface area contributed by atoms with Gasteiger partial charge in [-0.2, -0.15) is 0 Å². The minimum atomic E-state index is -0.839. The summed E-state index contributed by atoms with van der Waals surface area (Å²) in [5.41, 5.74) is 0.620. The lowest BCUT2D eigenvalue weighted by atomic mass is 10.2. The Labute approximate surface area is 164 Å². The van der Waals surface area contributed by atoms with Crippen molar-refractivity contribution in [2.24, 2.45) is 0 Å². The van der Waals surface area contributed by atoms with Crippen LogP contribution in [-0.4, -0.2) is 42.6 Å². The fourth-order valence-electron chi connectivity index (χ4n) is 1.52. The van der Waals surface area contributed by atoms with E-state index in [0.717, 1.165) is 10.7 Å². The lowest BCUT2D eigenvalue weighted by Crippen LogP contribution is -2.24. The lowest BCUT2D eigenvalue weighted by Gasteiger charge is -2.17. The number of hydrogen-bond donors (Lipinski definition) is 1. The zero-order chi connectivity index (χ0) is 16.2. The van der Waals surface area contributed by atoms with Gasteiger partial charge < -0.3 is 14.7 Å². The molecule has 0 fully saturated rings. The molecular weight excluding hydrogens is 615 g/mol. The van der Waals surface area contributed by atoms with Gasteiger partial charge in [0.15, 0.2) is 0 Å². The molecule has 0 aliphatic carbocycles. The molecule has 0 aliphatic rings. The highest BCUT2D eigenvalue weighted by atomic mass is 127. The molecule has 1 aromatic carbocycles. The van der Waals surface area contributed by atoms with E-state index in [1.165, 1.54) is 4.90 Å². The Balaban J connectivity index is 3.02. The first-order chi connectivity index (χ1) is 9.75. The maximum atomic E-state index is 12.2. The van der Waals surface area contributed by atoms with Crippen LogP contribution in [0.15, 0.2) is 6.07 Å². The monoisotopic (exact) mass is 629 g/mol. The molecule has 1 rings (SSSR count). The summed E-state index contributed by atoms with van der Waals surface area (Å²) in [5, 5.41) is 8.62. The van der Waals surface area contributed by atoms with Gasteiger partial charge in [0.2, 0.25) is 0 Å². The number of carbonyl (C=O) groups is 2. The third kappa shape index (κ3) is 5.37. The van der Waals surface area contributed by atoms with Gasteiger partial charge in [-0.15, -0.1) is 0 Å². The normalized spacial score (nSPS) is 10.3. The topological polar surface area (TPSA) is 66.8 Å². The summed E-state index contributed by atoms with van der Waals surface area (Å²) in [5.74, 6) is -0.267. The number of rotatable bonds is 6. The number of nitrogens with zero attached hydrogens (tertiary/aromatic N) is 1. The Bertz CT molecular complexity index is 561. The van der Waals surface area contributed by atoms with Crippen LogP contribution in [0.1, 0.15) is 23.2 Å². The van der Waals surface area contributed by atoms with E-state index >= 15 is 0 Å². The maximum absolute atomic E-state index is 12.2. The number of carbonyl (C=O) groups excluding carboxylic acids is 1. The van der Waals surface area contributed by atoms with Gasteiger partial charge in [0.25, 0.3) is 5.91 Å². The third-order valence-electron chi connectivity index (χ3n) is 2.53. The van der Waals surface area contributed by atoms with Crippen LogP contribution in [0.2, 0.25) is 0 Å². The van der Waals surface area contributed by atoms with Gasteiger partial charge in [-0.1, -0.05) is 0 Å². The van der Waals surface area contributed by atoms with E-state index in [-0.39, 0.29) is 12.3 Å². The van der Waals surface area contributed by atoms with Gasteiger partial charge in [-0.05, 0) is 80.3 Å². The number of carboxylic acids is 1. The van der Waals surface area contributed by atoms with Crippen LogP contribution in [-0.2, 0) is 4.79 Å². The lowest BCUT2D eigenvalue weighted by molar-refractivity contribution is -0.137. The predicted molar refractivity (Wildman–Crippen MR) is 105 cm³/mol. The van der Waals surface area contributed by atoms with Crippen LogP contribution in [0, 0.1) is 10.7 Å². The van der Waals surface area contributed by atoms with Gasteiger partial charge in [0.05, 0.1) is 19.3 Å². The molecule has 5 nitrogen and oxygen atoms in total. The summed E-state index contributed by atoms with van der Waals surface area (Å²) in [6, 6.07) is 1.90. The van der Waals surface area contributed by atoms with Crippen LogP contribution in [0.3, 0.4) is 0 Å². The van der Waals surface area contributed by atoms with Gasteiger partial charge >= 0.3 is 5.97 Å². The van der Waals surface area contributed by atoms with Crippen molar-refractivity contribution in [3.63, 3.8) is 0 Å². The molecule has 0 unspecified atom stereocenters. The minimum absolute atomic E-state index is 0.0704. The average Bonchev–Trinajstić information content (AvgIpc) is 2.36. The number of amides is 1. The van der Waals surface area contributed by atoms with E-state index in [1.807, 2.05) is 6.07 Å². The number of carboxylic acid groups (broad SMARTS) is 1. The largest absolute Gasteiger partial charge is 0.491 e. The molecule has 0 aliphatic heterocycles. The van der Waals surface area contributed by atoms with Crippen molar-refractivity contribution in [1.29, 1.82) is 0 Å².